The number of fused-ring (bicyclic) bond motifs is 1. The van der Waals surface area contributed by atoms with Crippen molar-refractivity contribution in [2.75, 3.05) is 23.4 Å². The zero-order chi connectivity index (χ0) is 22.1. The Bertz CT molecular complexity index is 973. The first-order valence-electron chi connectivity index (χ1n) is 9.94. The zero-order valence-corrected chi connectivity index (χ0v) is 17.6. The van der Waals surface area contributed by atoms with E-state index < -0.39 is 23.0 Å². The summed E-state index contributed by atoms with van der Waals surface area (Å²) in [5.74, 6) is -1.77. The van der Waals surface area contributed by atoms with Crippen molar-refractivity contribution in [1.29, 1.82) is 0 Å². The molecule has 160 valence electrons. The molecule has 0 spiro atoms. The molecule has 0 saturated heterocycles. The van der Waals surface area contributed by atoms with Gasteiger partial charge in [-0.15, -0.1) is 0 Å². The van der Waals surface area contributed by atoms with Crippen LogP contribution in [0.4, 0.5) is 20.2 Å². The lowest BCUT2D eigenvalue weighted by Gasteiger charge is -2.28. The standard InChI is InChI=1S/C23H26F2N2O3/c1-14(2)9-10-27-19-8-6-16(12-20(19)30-13-23(3,4)22(27)29)26-21(28)15-5-7-17(24)18(25)11-15/h5-8,11-12,14H,9-10,13H2,1-4H3,(H,26,28). The number of anilines is 2. The monoisotopic (exact) mass is 416 g/mol. The van der Waals surface area contributed by atoms with Crippen LogP contribution < -0.4 is 15.0 Å². The number of nitrogens with zero attached hydrogens (tertiary/aromatic N) is 1. The number of amides is 2. The number of nitrogens with one attached hydrogen (secondary N) is 1. The number of hydrogen-bond acceptors (Lipinski definition) is 3. The molecule has 0 unspecified atom stereocenters. The molecule has 0 saturated carbocycles. The van der Waals surface area contributed by atoms with Crippen LogP contribution in [-0.4, -0.2) is 25.0 Å². The molecule has 1 N–H and O–H groups in total. The van der Waals surface area contributed by atoms with Crippen LogP contribution in [0.3, 0.4) is 0 Å². The maximum absolute atomic E-state index is 13.4. The Labute approximate surface area is 175 Å². The molecule has 2 aromatic rings. The second-order valence-electron chi connectivity index (χ2n) is 8.58. The first kappa shape index (κ1) is 21.7. The van der Waals surface area contributed by atoms with E-state index >= 15 is 0 Å². The summed E-state index contributed by atoms with van der Waals surface area (Å²) in [6.07, 6.45) is 0.843. The summed E-state index contributed by atoms with van der Waals surface area (Å²) in [6.45, 7) is 8.66. The van der Waals surface area contributed by atoms with Crippen LogP contribution in [0.5, 0.6) is 5.75 Å². The fourth-order valence-electron chi connectivity index (χ4n) is 3.18. The molecule has 0 radical (unpaired) electrons. The first-order chi connectivity index (χ1) is 14.1. The van der Waals surface area contributed by atoms with Gasteiger partial charge in [0.15, 0.2) is 11.6 Å². The maximum Gasteiger partial charge on any atom is 0.255 e. The Kier molecular flexibility index (Phi) is 6.10. The van der Waals surface area contributed by atoms with Crippen LogP contribution in [-0.2, 0) is 4.79 Å². The van der Waals surface area contributed by atoms with Gasteiger partial charge in [-0.2, -0.15) is 0 Å². The number of benzene rings is 2. The van der Waals surface area contributed by atoms with E-state index in [1.807, 2.05) is 13.8 Å². The minimum absolute atomic E-state index is 0.000340. The molecular weight excluding hydrogens is 390 g/mol. The Morgan fingerprint density at radius 3 is 2.57 bits per heavy atom. The van der Waals surface area contributed by atoms with Gasteiger partial charge in [0.2, 0.25) is 5.91 Å². The Balaban J connectivity index is 1.87. The number of carbonyl (C=O) groups is 2. The predicted octanol–water partition coefficient (Wildman–Crippen LogP) is 5.01. The molecule has 1 aliphatic heterocycles. The number of halogens is 2. The molecule has 0 fully saturated rings. The molecule has 7 heteroatoms. The van der Waals surface area contributed by atoms with Crippen LogP contribution in [0.2, 0.25) is 0 Å². The van der Waals surface area contributed by atoms with Crippen molar-refractivity contribution in [2.45, 2.75) is 34.1 Å². The molecule has 0 bridgehead atoms. The molecule has 0 aromatic heterocycles. The molecular formula is C23H26F2N2O3. The van der Waals surface area contributed by atoms with Crippen molar-refractivity contribution >= 4 is 23.2 Å². The number of carbonyl (C=O) groups excluding carboxylic acids is 2. The van der Waals surface area contributed by atoms with Crippen LogP contribution in [0.1, 0.15) is 44.5 Å². The van der Waals surface area contributed by atoms with Crippen molar-refractivity contribution in [3.8, 4) is 5.75 Å². The number of hydrogen-bond donors (Lipinski definition) is 1. The fraction of sp³-hybridized carbons (Fsp3) is 0.391. The lowest BCUT2D eigenvalue weighted by molar-refractivity contribution is -0.127. The van der Waals surface area contributed by atoms with E-state index in [1.165, 1.54) is 6.07 Å². The van der Waals surface area contributed by atoms with Crippen molar-refractivity contribution in [1.82, 2.24) is 0 Å². The highest BCUT2D eigenvalue weighted by Crippen LogP contribution is 2.38. The van der Waals surface area contributed by atoms with Crippen molar-refractivity contribution in [3.05, 3.63) is 53.6 Å². The average molecular weight is 416 g/mol. The molecule has 1 aliphatic rings. The van der Waals surface area contributed by atoms with Crippen molar-refractivity contribution in [2.24, 2.45) is 11.3 Å². The first-order valence-corrected chi connectivity index (χ1v) is 9.94. The third kappa shape index (κ3) is 4.61. The molecule has 5 nitrogen and oxygen atoms in total. The van der Waals surface area contributed by atoms with Gasteiger partial charge in [0.1, 0.15) is 12.4 Å². The summed E-state index contributed by atoms with van der Waals surface area (Å²) in [5, 5.41) is 2.66. The van der Waals surface area contributed by atoms with Crippen LogP contribution in [0.25, 0.3) is 0 Å². The SMILES string of the molecule is CC(C)CCN1C(=O)C(C)(C)COc2cc(NC(=O)c3ccc(F)c(F)c3)ccc21. The molecule has 3 rings (SSSR count). The molecule has 2 aromatic carbocycles. The molecule has 0 aliphatic carbocycles. The van der Waals surface area contributed by atoms with Crippen LogP contribution >= 0.6 is 0 Å². The normalized spacial score (nSPS) is 15.4. The van der Waals surface area contributed by atoms with Gasteiger partial charge in [-0.3, -0.25) is 9.59 Å². The van der Waals surface area contributed by atoms with E-state index in [1.54, 1.807) is 23.1 Å². The topological polar surface area (TPSA) is 58.6 Å². The van der Waals surface area contributed by atoms with Gasteiger partial charge in [-0.25, -0.2) is 8.78 Å². The summed E-state index contributed by atoms with van der Waals surface area (Å²) < 4.78 is 32.4. The summed E-state index contributed by atoms with van der Waals surface area (Å²) >= 11 is 0. The molecule has 0 atom stereocenters. The van der Waals surface area contributed by atoms with Gasteiger partial charge >= 0.3 is 0 Å². The van der Waals surface area contributed by atoms with Gasteiger partial charge in [0.05, 0.1) is 11.1 Å². The molecule has 2 amide bonds. The summed E-state index contributed by atoms with van der Waals surface area (Å²) in [4.78, 5) is 27.2. The molecule has 1 heterocycles. The summed E-state index contributed by atoms with van der Waals surface area (Å²) in [7, 11) is 0. The van der Waals surface area contributed by atoms with E-state index in [0.717, 1.165) is 18.6 Å². The lowest BCUT2D eigenvalue weighted by Crippen LogP contribution is -2.42. The Hall–Kier alpha value is -2.96. The highest BCUT2D eigenvalue weighted by atomic mass is 19.2. The van der Waals surface area contributed by atoms with Gasteiger partial charge in [0.25, 0.3) is 5.91 Å². The molecule has 30 heavy (non-hydrogen) atoms. The minimum atomic E-state index is -1.09. The smallest absolute Gasteiger partial charge is 0.255 e. The lowest BCUT2D eigenvalue weighted by atomic mass is 9.92. The van der Waals surface area contributed by atoms with Gasteiger partial charge in [-0.05, 0) is 56.5 Å². The second-order valence-corrected chi connectivity index (χ2v) is 8.58. The maximum atomic E-state index is 13.4. The highest BCUT2D eigenvalue weighted by molar-refractivity contribution is 6.05. The predicted molar refractivity (Wildman–Crippen MR) is 112 cm³/mol. The summed E-state index contributed by atoms with van der Waals surface area (Å²) in [6, 6.07) is 8.00. The largest absolute Gasteiger partial charge is 0.490 e. The van der Waals surface area contributed by atoms with E-state index in [0.29, 0.717) is 29.6 Å². The van der Waals surface area contributed by atoms with Gasteiger partial charge < -0.3 is 15.0 Å². The third-order valence-corrected chi connectivity index (χ3v) is 5.03. The Morgan fingerprint density at radius 1 is 1.17 bits per heavy atom. The van der Waals surface area contributed by atoms with Gasteiger partial charge in [-0.1, -0.05) is 13.8 Å². The van der Waals surface area contributed by atoms with E-state index in [2.05, 4.69) is 19.2 Å². The number of ether oxygens (including phenoxy) is 1. The van der Waals surface area contributed by atoms with E-state index in [4.69, 9.17) is 4.74 Å². The van der Waals surface area contributed by atoms with E-state index in [-0.39, 0.29) is 18.1 Å². The van der Waals surface area contributed by atoms with Crippen molar-refractivity contribution in [3.63, 3.8) is 0 Å². The van der Waals surface area contributed by atoms with Crippen molar-refractivity contribution < 1.29 is 23.1 Å². The van der Waals surface area contributed by atoms with Crippen LogP contribution in [0.15, 0.2) is 36.4 Å². The number of rotatable bonds is 5. The van der Waals surface area contributed by atoms with E-state index in [9.17, 15) is 18.4 Å². The van der Waals surface area contributed by atoms with Gasteiger partial charge in [0, 0.05) is 23.9 Å². The fourth-order valence-corrected chi connectivity index (χ4v) is 3.18. The zero-order valence-electron chi connectivity index (χ0n) is 17.6. The highest BCUT2D eigenvalue weighted by Gasteiger charge is 2.37. The quantitative estimate of drug-likeness (QED) is 0.745. The summed E-state index contributed by atoms with van der Waals surface area (Å²) in [5.41, 5.74) is 0.390. The minimum Gasteiger partial charge on any atom is -0.490 e. The average Bonchev–Trinajstić information content (AvgIpc) is 2.77. The third-order valence-electron chi connectivity index (χ3n) is 5.03. The van der Waals surface area contributed by atoms with Crippen LogP contribution in [0, 0.1) is 23.0 Å². The second kappa shape index (κ2) is 8.42. The Morgan fingerprint density at radius 2 is 1.90 bits per heavy atom.